The molecule has 0 saturated carbocycles. The van der Waals surface area contributed by atoms with Crippen molar-refractivity contribution < 1.29 is 68.9 Å². The Bertz CT molecular complexity index is 696. The van der Waals surface area contributed by atoms with E-state index < -0.39 is 19.4 Å². The summed E-state index contributed by atoms with van der Waals surface area (Å²) in [6.45, 7) is 0. The first-order valence-electron chi connectivity index (χ1n) is 7.12. The number of allylic oxidation sites excluding steroid dienone is 4. The summed E-state index contributed by atoms with van der Waals surface area (Å²) in [6.07, 6.45) is 7.14. The van der Waals surface area contributed by atoms with Gasteiger partial charge in [-0.1, -0.05) is 0 Å². The predicted molar refractivity (Wildman–Crippen MR) is 87.3 cm³/mol. The fourth-order valence-electron chi connectivity index (χ4n) is 2.74. The molecule has 0 heterocycles. The molecule has 2 aliphatic carbocycles. The van der Waals surface area contributed by atoms with Crippen molar-refractivity contribution in [3.8, 4) is 11.1 Å². The molecule has 0 N–H and O–H groups in total. The molecule has 24 heavy (non-hydrogen) atoms. The molecule has 0 unspecified atom stereocenters. The number of hydrogen-bond acceptors (Lipinski definition) is 0. The molecule has 0 spiro atoms. The van der Waals surface area contributed by atoms with Crippen molar-refractivity contribution in [2.24, 2.45) is 0 Å². The van der Waals surface area contributed by atoms with E-state index >= 15 is 0 Å². The second-order valence-corrected chi connectivity index (χ2v) is 15.1. The molecule has 0 saturated heterocycles. The van der Waals surface area contributed by atoms with Crippen LogP contribution in [0.4, 0.5) is 0 Å². The summed E-state index contributed by atoms with van der Waals surface area (Å²) in [7, 11) is 11.5. The van der Waals surface area contributed by atoms with E-state index in [1.54, 1.807) is 24.7 Å². The van der Waals surface area contributed by atoms with E-state index in [0.29, 0.717) is 3.63 Å². The van der Waals surface area contributed by atoms with Crippen molar-refractivity contribution in [1.82, 2.24) is 0 Å². The third-order valence-corrected chi connectivity index (χ3v) is 10.4. The van der Waals surface area contributed by atoms with Crippen molar-refractivity contribution in [2.45, 2.75) is 10.0 Å². The second-order valence-electron chi connectivity index (χ2n) is 5.19. The Labute approximate surface area is 186 Å². The van der Waals surface area contributed by atoms with E-state index in [1.807, 2.05) is 12.2 Å². The summed E-state index contributed by atoms with van der Waals surface area (Å²) in [6, 6.07) is 17.5. The summed E-state index contributed by atoms with van der Waals surface area (Å²) in [5.41, 5.74) is 5.88. The number of rotatable bonds is 1. The molecular weight excluding hydrogens is 540 g/mol. The standard InChI is InChI=1S/C13H9.C5H5.4ClH.2Zr/c1-3-7-12-10(5-1)9-11-6-2-4-8-13(11)12;1-2-4-5-3-1;;;;;;/h1-9H;1-3H,4H2;4*1H;;/q;;;;;;2*+2/p-4. The van der Waals surface area contributed by atoms with Crippen LogP contribution in [0.3, 0.4) is 0 Å². The summed E-state index contributed by atoms with van der Waals surface area (Å²) in [5, 5.41) is 0. The summed E-state index contributed by atoms with van der Waals surface area (Å²) < 4.78 is 1.94. The molecular formula is C18H14Cl4Zr2. The van der Waals surface area contributed by atoms with Crippen LogP contribution in [0.1, 0.15) is 21.2 Å². The zero-order valence-electron chi connectivity index (χ0n) is 12.6. The third-order valence-electron chi connectivity index (χ3n) is 3.85. The third kappa shape index (κ3) is 5.19. The number of fused-ring (bicyclic) bond motifs is 3. The first-order valence-corrected chi connectivity index (χ1v) is 16.1. The van der Waals surface area contributed by atoms with E-state index in [0.717, 1.165) is 6.42 Å². The van der Waals surface area contributed by atoms with Gasteiger partial charge in [-0.25, -0.2) is 0 Å². The van der Waals surface area contributed by atoms with Crippen LogP contribution in [0.2, 0.25) is 0 Å². The van der Waals surface area contributed by atoms with E-state index in [-0.39, 0.29) is 24.8 Å². The molecule has 2 aromatic carbocycles. The van der Waals surface area contributed by atoms with Gasteiger partial charge in [0.15, 0.2) is 0 Å². The molecule has 0 radical (unpaired) electrons. The van der Waals surface area contributed by atoms with Gasteiger partial charge in [0, 0.05) is 0 Å². The minimum absolute atomic E-state index is 0. The Kier molecular flexibility index (Phi) is 10.4. The maximum atomic E-state index is 5.74. The van der Waals surface area contributed by atoms with Crippen LogP contribution in [0.25, 0.3) is 11.1 Å². The Morgan fingerprint density at radius 1 is 0.875 bits per heavy atom. The molecule has 0 nitrogen and oxygen atoms in total. The van der Waals surface area contributed by atoms with Gasteiger partial charge in [-0.05, 0) is 0 Å². The molecule has 122 valence electrons. The van der Waals surface area contributed by atoms with Crippen molar-refractivity contribution in [3.63, 3.8) is 0 Å². The first-order chi connectivity index (χ1) is 10.7. The average Bonchev–Trinajstić information content (AvgIpc) is 3.17. The molecule has 2 aromatic rings. The van der Waals surface area contributed by atoms with Crippen LogP contribution < -0.4 is 24.8 Å². The zero-order chi connectivity index (χ0) is 15.5. The summed E-state index contributed by atoms with van der Waals surface area (Å²) in [5.74, 6) is 0. The van der Waals surface area contributed by atoms with Gasteiger partial charge in [0.05, 0.1) is 0 Å². The van der Waals surface area contributed by atoms with Crippen molar-refractivity contribution in [3.05, 3.63) is 81.2 Å². The molecule has 2 aliphatic rings. The van der Waals surface area contributed by atoms with Crippen LogP contribution in [0.5, 0.6) is 0 Å². The zero-order valence-corrected chi connectivity index (χ0v) is 20.6. The monoisotopic (exact) mass is 550 g/mol. The fourth-order valence-corrected chi connectivity index (χ4v) is 6.85. The average molecular weight is 555 g/mol. The van der Waals surface area contributed by atoms with Gasteiger partial charge in [0.25, 0.3) is 0 Å². The topological polar surface area (TPSA) is 0 Å². The Hall–Kier alpha value is 0.846. The van der Waals surface area contributed by atoms with Gasteiger partial charge < -0.3 is 24.8 Å². The molecule has 0 aromatic heterocycles. The van der Waals surface area contributed by atoms with Gasteiger partial charge in [-0.2, -0.15) is 0 Å². The number of hydrogen-bond donors (Lipinski definition) is 0. The maximum absolute atomic E-state index is 5.74. The molecule has 6 heteroatoms. The van der Waals surface area contributed by atoms with Crippen molar-refractivity contribution in [2.75, 3.05) is 0 Å². The Morgan fingerprint density at radius 3 is 1.75 bits per heavy atom. The van der Waals surface area contributed by atoms with Crippen molar-refractivity contribution >= 4 is 17.0 Å². The van der Waals surface area contributed by atoms with Crippen LogP contribution in [0.15, 0.2) is 70.0 Å². The van der Waals surface area contributed by atoms with E-state index in [1.165, 1.54) is 25.5 Å². The van der Waals surface area contributed by atoms with Gasteiger partial charge >= 0.3 is 163 Å². The summed E-state index contributed by atoms with van der Waals surface area (Å²) in [4.78, 5) is 0. The molecule has 0 bridgehead atoms. The number of halogens is 4. The second kappa shape index (κ2) is 10.9. The van der Waals surface area contributed by atoms with Gasteiger partial charge in [-0.3, -0.25) is 0 Å². The molecule has 0 aliphatic heterocycles. The van der Waals surface area contributed by atoms with E-state index in [2.05, 4.69) is 54.6 Å². The summed E-state index contributed by atoms with van der Waals surface area (Å²) >= 11 is -0.380. The molecule has 0 amide bonds. The van der Waals surface area contributed by atoms with Gasteiger partial charge in [0.1, 0.15) is 0 Å². The number of benzene rings is 2. The Balaban J connectivity index is 0.000000252. The normalized spacial score (nSPS) is 13.6. The fraction of sp³-hybridized carbons (Fsp3) is 0.111. The minimum atomic E-state index is -1.96. The van der Waals surface area contributed by atoms with Gasteiger partial charge in [-0.15, -0.1) is 0 Å². The van der Waals surface area contributed by atoms with Crippen molar-refractivity contribution in [1.29, 1.82) is 0 Å². The van der Waals surface area contributed by atoms with E-state index in [4.69, 9.17) is 17.0 Å². The van der Waals surface area contributed by atoms with E-state index in [9.17, 15) is 0 Å². The Morgan fingerprint density at radius 2 is 1.38 bits per heavy atom. The molecule has 0 fully saturated rings. The first kappa shape index (κ1) is 22.9. The SMILES string of the molecule is [Cl-].[Cl-].[Cl][Zr]([Cl])[C]1=CC=CC1.[Zr+2][CH]1c2ccccc2-c2ccccc21. The quantitative estimate of drug-likeness (QED) is 0.469. The van der Waals surface area contributed by atoms with Crippen LogP contribution >= 0.6 is 17.0 Å². The predicted octanol–water partition coefficient (Wildman–Crippen LogP) is 0.0672. The van der Waals surface area contributed by atoms with Crippen LogP contribution in [-0.2, 0) is 44.1 Å². The van der Waals surface area contributed by atoms with Crippen LogP contribution in [0, 0.1) is 0 Å². The molecule has 0 atom stereocenters. The molecule has 4 rings (SSSR count). The van der Waals surface area contributed by atoms with Crippen LogP contribution in [-0.4, -0.2) is 0 Å². The van der Waals surface area contributed by atoms with Gasteiger partial charge in [0.2, 0.25) is 0 Å².